The van der Waals surface area contributed by atoms with Gasteiger partial charge in [-0.15, -0.1) is 0 Å². The first-order valence-corrected chi connectivity index (χ1v) is 8.04. The van der Waals surface area contributed by atoms with Gasteiger partial charge in [0.25, 0.3) is 0 Å². The van der Waals surface area contributed by atoms with Gasteiger partial charge < -0.3 is 15.7 Å². The Morgan fingerprint density at radius 1 is 1.20 bits per heavy atom. The summed E-state index contributed by atoms with van der Waals surface area (Å²) in [6.45, 7) is -0.272. The Morgan fingerprint density at radius 3 is 2.40 bits per heavy atom. The Morgan fingerprint density at radius 2 is 1.84 bits per heavy atom. The average molecular weight is 354 g/mol. The first kappa shape index (κ1) is 18.8. The molecule has 1 aliphatic rings. The number of carboxylic acid groups (broad SMARTS) is 1. The molecule has 0 saturated carbocycles. The molecule has 25 heavy (non-hydrogen) atoms. The summed E-state index contributed by atoms with van der Waals surface area (Å²) in [5.74, 6) is -3.03. The van der Waals surface area contributed by atoms with Crippen LogP contribution in [0.5, 0.6) is 0 Å². The Labute approximate surface area is 143 Å². The average Bonchev–Trinajstić information content (AvgIpc) is 2.92. The summed E-state index contributed by atoms with van der Waals surface area (Å²) in [5.41, 5.74) is -0.929. The van der Waals surface area contributed by atoms with Crippen molar-refractivity contribution >= 4 is 17.8 Å². The zero-order chi connectivity index (χ0) is 18.4. The van der Waals surface area contributed by atoms with E-state index in [1.54, 1.807) is 0 Å². The van der Waals surface area contributed by atoms with Crippen LogP contribution in [0.4, 0.5) is 8.78 Å². The molecule has 0 radical (unpaired) electrons. The van der Waals surface area contributed by atoms with Crippen molar-refractivity contribution in [2.24, 2.45) is 0 Å². The van der Waals surface area contributed by atoms with Crippen molar-refractivity contribution < 1.29 is 28.3 Å². The maximum Gasteiger partial charge on any atom is 0.303 e. The van der Waals surface area contributed by atoms with Crippen LogP contribution in [-0.2, 0) is 20.9 Å². The summed E-state index contributed by atoms with van der Waals surface area (Å²) in [5, 5.41) is 14.0. The van der Waals surface area contributed by atoms with Gasteiger partial charge in [-0.25, -0.2) is 8.78 Å². The van der Waals surface area contributed by atoms with Gasteiger partial charge in [0.15, 0.2) is 0 Å². The van der Waals surface area contributed by atoms with Crippen LogP contribution in [0.15, 0.2) is 18.2 Å². The number of nitrogens with one attached hydrogen (secondary N) is 2. The van der Waals surface area contributed by atoms with E-state index >= 15 is 0 Å². The Kier molecular flexibility index (Phi) is 6.06. The number of amides is 2. The van der Waals surface area contributed by atoms with Gasteiger partial charge >= 0.3 is 5.97 Å². The van der Waals surface area contributed by atoms with Crippen LogP contribution in [0.25, 0.3) is 0 Å². The van der Waals surface area contributed by atoms with Crippen LogP contribution in [0.1, 0.15) is 44.1 Å². The van der Waals surface area contributed by atoms with E-state index in [-0.39, 0.29) is 43.7 Å². The highest BCUT2D eigenvalue weighted by atomic mass is 19.1. The molecule has 1 heterocycles. The fraction of sp³-hybridized carbons (Fsp3) is 0.471. The van der Waals surface area contributed by atoms with Gasteiger partial charge in [0.05, 0.1) is 0 Å². The zero-order valence-electron chi connectivity index (χ0n) is 13.6. The van der Waals surface area contributed by atoms with Crippen molar-refractivity contribution in [3.63, 3.8) is 0 Å². The second-order valence-electron chi connectivity index (χ2n) is 6.20. The quantitative estimate of drug-likeness (QED) is 0.664. The van der Waals surface area contributed by atoms with Gasteiger partial charge in [0.1, 0.15) is 11.6 Å². The van der Waals surface area contributed by atoms with Crippen molar-refractivity contribution in [1.82, 2.24) is 10.6 Å². The normalized spacial score (nSPS) is 19.5. The molecule has 2 rings (SSSR count). The summed E-state index contributed by atoms with van der Waals surface area (Å²) in [6, 6.07) is 3.46. The molecule has 0 aromatic heterocycles. The van der Waals surface area contributed by atoms with E-state index in [0.29, 0.717) is 12.8 Å². The highest BCUT2D eigenvalue weighted by molar-refractivity contribution is 5.80. The third-order valence-corrected chi connectivity index (χ3v) is 4.41. The number of carbonyl (C=O) groups is 3. The van der Waals surface area contributed by atoms with Gasteiger partial charge in [-0.2, -0.15) is 0 Å². The lowest BCUT2D eigenvalue weighted by atomic mass is 9.86. The van der Waals surface area contributed by atoms with Crippen molar-refractivity contribution in [2.75, 3.05) is 0 Å². The lowest BCUT2D eigenvalue weighted by Crippen LogP contribution is -2.43. The van der Waals surface area contributed by atoms with Crippen LogP contribution in [-0.4, -0.2) is 28.4 Å². The third kappa shape index (κ3) is 5.23. The van der Waals surface area contributed by atoms with E-state index in [0.717, 1.165) is 12.1 Å². The molecular weight excluding hydrogens is 334 g/mol. The molecule has 1 aromatic rings. The molecule has 8 heteroatoms. The lowest BCUT2D eigenvalue weighted by Gasteiger charge is -2.28. The number of hydrogen-bond donors (Lipinski definition) is 3. The Hall–Kier alpha value is -2.51. The fourth-order valence-corrected chi connectivity index (χ4v) is 2.95. The number of rotatable bonds is 8. The molecule has 0 spiro atoms. The molecule has 1 fully saturated rings. The molecule has 1 atom stereocenters. The van der Waals surface area contributed by atoms with Crippen molar-refractivity contribution in [1.29, 1.82) is 0 Å². The van der Waals surface area contributed by atoms with Crippen LogP contribution in [0.2, 0.25) is 0 Å². The number of hydrogen-bond acceptors (Lipinski definition) is 3. The topological polar surface area (TPSA) is 95.5 Å². The molecular formula is C17H20F2N2O4. The van der Waals surface area contributed by atoms with Gasteiger partial charge in [-0.1, -0.05) is 6.07 Å². The molecule has 1 aromatic carbocycles. The maximum atomic E-state index is 13.5. The van der Waals surface area contributed by atoms with Crippen LogP contribution in [0, 0.1) is 11.6 Å². The molecule has 1 aliphatic heterocycles. The predicted octanol–water partition coefficient (Wildman–Crippen LogP) is 1.87. The van der Waals surface area contributed by atoms with E-state index in [1.165, 1.54) is 6.07 Å². The minimum absolute atomic E-state index is 0.0238. The van der Waals surface area contributed by atoms with Crippen LogP contribution < -0.4 is 10.6 Å². The highest BCUT2D eigenvalue weighted by Crippen LogP contribution is 2.30. The van der Waals surface area contributed by atoms with E-state index in [9.17, 15) is 23.2 Å². The second-order valence-corrected chi connectivity index (χ2v) is 6.20. The number of carbonyl (C=O) groups excluding carboxylic acids is 2. The maximum absolute atomic E-state index is 13.5. The molecule has 2 amide bonds. The molecule has 0 bridgehead atoms. The minimum atomic E-state index is -0.972. The summed E-state index contributed by atoms with van der Waals surface area (Å²) in [4.78, 5) is 34.2. The number of aliphatic carboxylic acids is 1. The minimum Gasteiger partial charge on any atom is -0.481 e. The first-order valence-electron chi connectivity index (χ1n) is 8.04. The molecule has 136 valence electrons. The second kappa shape index (κ2) is 8.04. The summed E-state index contributed by atoms with van der Waals surface area (Å²) < 4.78 is 27.0. The summed E-state index contributed by atoms with van der Waals surface area (Å²) >= 11 is 0. The van der Waals surface area contributed by atoms with Crippen molar-refractivity contribution in [3.05, 3.63) is 35.4 Å². The SMILES string of the molecule is O=C(O)CC[C@]1(CCC(=O)NCc2c(F)cccc2F)CCC(=O)N1. The van der Waals surface area contributed by atoms with Crippen molar-refractivity contribution in [3.8, 4) is 0 Å². The molecule has 0 aliphatic carbocycles. The van der Waals surface area contributed by atoms with E-state index in [1.807, 2.05) is 0 Å². The molecule has 6 nitrogen and oxygen atoms in total. The standard InChI is InChI=1S/C17H20F2N2O4/c18-12-2-1-3-13(19)11(12)10-20-14(22)4-7-17(9-6-16(24)25)8-5-15(23)21-17/h1-3H,4-10H2,(H,20,22)(H,21,23)(H,24,25)/t17-/m0/s1. The summed E-state index contributed by atoms with van der Waals surface area (Å²) in [6.07, 6.45) is 1.19. The van der Waals surface area contributed by atoms with Gasteiger partial charge in [0.2, 0.25) is 11.8 Å². The predicted molar refractivity (Wildman–Crippen MR) is 84.4 cm³/mol. The summed E-state index contributed by atoms with van der Waals surface area (Å²) in [7, 11) is 0. The molecule has 1 saturated heterocycles. The Bertz CT molecular complexity index is 660. The van der Waals surface area contributed by atoms with Crippen LogP contribution in [0.3, 0.4) is 0 Å². The molecule has 0 unspecified atom stereocenters. The molecule has 3 N–H and O–H groups in total. The van der Waals surface area contributed by atoms with E-state index < -0.39 is 29.0 Å². The third-order valence-electron chi connectivity index (χ3n) is 4.41. The van der Waals surface area contributed by atoms with Crippen LogP contribution >= 0.6 is 0 Å². The number of benzene rings is 1. The van der Waals surface area contributed by atoms with E-state index in [4.69, 9.17) is 5.11 Å². The first-order chi connectivity index (χ1) is 11.8. The lowest BCUT2D eigenvalue weighted by molar-refractivity contribution is -0.137. The Balaban J connectivity index is 1.88. The highest BCUT2D eigenvalue weighted by Gasteiger charge is 2.37. The monoisotopic (exact) mass is 354 g/mol. The van der Waals surface area contributed by atoms with Gasteiger partial charge in [-0.3, -0.25) is 14.4 Å². The smallest absolute Gasteiger partial charge is 0.303 e. The van der Waals surface area contributed by atoms with Crippen molar-refractivity contribution in [2.45, 2.75) is 50.6 Å². The zero-order valence-corrected chi connectivity index (χ0v) is 13.6. The van der Waals surface area contributed by atoms with Gasteiger partial charge in [-0.05, 0) is 31.4 Å². The number of carboxylic acids is 1. The largest absolute Gasteiger partial charge is 0.481 e. The van der Waals surface area contributed by atoms with Gasteiger partial charge in [0, 0.05) is 36.9 Å². The number of halogens is 2. The fourth-order valence-electron chi connectivity index (χ4n) is 2.95. The van der Waals surface area contributed by atoms with E-state index in [2.05, 4.69) is 10.6 Å².